The van der Waals surface area contributed by atoms with Gasteiger partial charge in [-0.05, 0) is 55.3 Å². The van der Waals surface area contributed by atoms with E-state index in [2.05, 4.69) is 26.6 Å². The number of anilines is 2. The van der Waals surface area contributed by atoms with Crippen LogP contribution in [-0.2, 0) is 6.42 Å². The van der Waals surface area contributed by atoms with Crippen molar-refractivity contribution >= 4 is 17.3 Å². The highest BCUT2D eigenvalue weighted by atomic mass is 16.3. The first-order valence-corrected chi connectivity index (χ1v) is 10.1. The molecule has 0 bridgehead atoms. The minimum absolute atomic E-state index is 0.121. The van der Waals surface area contributed by atoms with Crippen LogP contribution in [0.2, 0.25) is 0 Å². The predicted molar refractivity (Wildman–Crippen MR) is 114 cm³/mol. The molecule has 3 heterocycles. The molecule has 4 rings (SSSR count). The highest BCUT2D eigenvalue weighted by molar-refractivity contribution is 6.04. The van der Waals surface area contributed by atoms with Gasteiger partial charge in [0.1, 0.15) is 5.76 Å². The Labute approximate surface area is 170 Å². The molecule has 0 unspecified atom stereocenters. The van der Waals surface area contributed by atoms with E-state index in [1.807, 2.05) is 30.3 Å². The van der Waals surface area contributed by atoms with Gasteiger partial charge >= 0.3 is 0 Å². The Morgan fingerprint density at radius 1 is 1.10 bits per heavy atom. The van der Waals surface area contributed by atoms with E-state index in [0.717, 1.165) is 56.0 Å². The van der Waals surface area contributed by atoms with E-state index in [4.69, 9.17) is 4.42 Å². The first-order chi connectivity index (χ1) is 14.3. The lowest BCUT2D eigenvalue weighted by Crippen LogP contribution is -2.43. The van der Waals surface area contributed by atoms with Gasteiger partial charge in [-0.2, -0.15) is 0 Å². The number of furan rings is 1. The maximum absolute atomic E-state index is 12.4. The lowest BCUT2D eigenvalue weighted by Gasteiger charge is -2.34. The Morgan fingerprint density at radius 2 is 1.93 bits per heavy atom. The number of carbonyl (C=O) groups excluding carboxylic acids is 1. The number of hydrogen-bond donors (Lipinski definition) is 2. The molecule has 6 nitrogen and oxygen atoms in total. The molecule has 29 heavy (non-hydrogen) atoms. The monoisotopic (exact) mass is 390 g/mol. The van der Waals surface area contributed by atoms with Gasteiger partial charge in [-0.25, -0.2) is 0 Å². The number of carbonyl (C=O) groups is 1. The molecule has 1 fully saturated rings. The second-order valence-corrected chi connectivity index (χ2v) is 7.29. The SMILES string of the molecule is O=C(Nc1cccc(N2CCC(NCCc3ccco3)CC2)c1)c1ccncc1. The number of piperidine rings is 1. The summed E-state index contributed by atoms with van der Waals surface area (Å²) in [6.45, 7) is 2.94. The Balaban J connectivity index is 1.27. The van der Waals surface area contributed by atoms with Gasteiger partial charge in [0.25, 0.3) is 5.91 Å². The van der Waals surface area contributed by atoms with Crippen LogP contribution in [0.5, 0.6) is 0 Å². The van der Waals surface area contributed by atoms with Crippen LogP contribution < -0.4 is 15.5 Å². The van der Waals surface area contributed by atoms with Gasteiger partial charge in [0.05, 0.1) is 6.26 Å². The zero-order chi connectivity index (χ0) is 19.9. The van der Waals surface area contributed by atoms with Crippen molar-refractivity contribution in [2.75, 3.05) is 29.9 Å². The fourth-order valence-corrected chi connectivity index (χ4v) is 3.68. The summed E-state index contributed by atoms with van der Waals surface area (Å²) in [4.78, 5) is 18.7. The molecule has 1 aliphatic heterocycles. The van der Waals surface area contributed by atoms with Gasteiger partial charge in [-0.3, -0.25) is 9.78 Å². The summed E-state index contributed by atoms with van der Waals surface area (Å²) in [5, 5.41) is 6.61. The molecule has 1 amide bonds. The lowest BCUT2D eigenvalue weighted by atomic mass is 10.0. The number of nitrogens with zero attached hydrogens (tertiary/aromatic N) is 2. The van der Waals surface area contributed by atoms with Gasteiger partial charge in [-0.1, -0.05) is 6.07 Å². The van der Waals surface area contributed by atoms with Crippen LogP contribution >= 0.6 is 0 Å². The van der Waals surface area contributed by atoms with Gasteiger partial charge in [-0.15, -0.1) is 0 Å². The minimum Gasteiger partial charge on any atom is -0.469 e. The molecule has 1 saturated heterocycles. The van der Waals surface area contributed by atoms with Gasteiger partial charge < -0.3 is 20.0 Å². The summed E-state index contributed by atoms with van der Waals surface area (Å²) >= 11 is 0. The molecule has 2 aromatic heterocycles. The van der Waals surface area contributed by atoms with Crippen LogP contribution in [0.3, 0.4) is 0 Å². The summed E-state index contributed by atoms with van der Waals surface area (Å²) in [5.74, 6) is 0.907. The molecular weight excluding hydrogens is 364 g/mol. The normalized spacial score (nSPS) is 14.7. The molecule has 0 aliphatic carbocycles. The van der Waals surface area contributed by atoms with E-state index < -0.39 is 0 Å². The number of pyridine rings is 1. The van der Waals surface area contributed by atoms with Crippen molar-refractivity contribution in [3.8, 4) is 0 Å². The molecule has 1 aliphatic rings. The molecule has 2 N–H and O–H groups in total. The zero-order valence-corrected chi connectivity index (χ0v) is 16.4. The molecule has 0 radical (unpaired) electrons. The third-order valence-corrected chi connectivity index (χ3v) is 5.29. The van der Waals surface area contributed by atoms with Crippen LogP contribution in [0.1, 0.15) is 29.0 Å². The quantitative estimate of drug-likeness (QED) is 0.643. The third-order valence-electron chi connectivity index (χ3n) is 5.29. The third kappa shape index (κ3) is 5.23. The summed E-state index contributed by atoms with van der Waals surface area (Å²) in [6, 6.07) is 16.0. The summed E-state index contributed by atoms with van der Waals surface area (Å²) < 4.78 is 5.38. The van der Waals surface area contributed by atoms with Gasteiger partial charge in [0.2, 0.25) is 0 Å². The first kappa shape index (κ1) is 19.2. The second kappa shape index (κ2) is 9.39. The van der Waals surface area contributed by atoms with E-state index in [9.17, 15) is 4.79 Å². The standard InChI is InChI=1S/C23H26N4O2/c28-23(18-6-11-24-12-7-18)26-20-3-1-4-21(17-20)27-14-9-19(10-15-27)25-13-8-22-5-2-16-29-22/h1-7,11-12,16-17,19,25H,8-10,13-15H2,(H,26,28). The Morgan fingerprint density at radius 3 is 2.69 bits per heavy atom. The van der Waals surface area contributed by atoms with Crippen LogP contribution in [-0.4, -0.2) is 36.6 Å². The fraction of sp³-hybridized carbons (Fsp3) is 0.304. The van der Waals surface area contributed by atoms with Crippen molar-refractivity contribution in [1.29, 1.82) is 0 Å². The van der Waals surface area contributed by atoms with E-state index in [1.165, 1.54) is 0 Å². The molecular formula is C23H26N4O2. The Hall–Kier alpha value is -3.12. The molecule has 0 atom stereocenters. The number of amides is 1. The van der Waals surface area contributed by atoms with Crippen molar-refractivity contribution in [2.45, 2.75) is 25.3 Å². The van der Waals surface area contributed by atoms with Gasteiger partial charge in [0, 0.05) is 61.4 Å². The molecule has 0 spiro atoms. The molecule has 0 saturated carbocycles. The summed E-state index contributed by atoms with van der Waals surface area (Å²) in [7, 11) is 0. The first-order valence-electron chi connectivity index (χ1n) is 10.1. The van der Waals surface area contributed by atoms with Crippen LogP contribution in [0, 0.1) is 0 Å². The Kier molecular flexibility index (Phi) is 6.22. The molecule has 1 aromatic carbocycles. The molecule has 150 valence electrons. The van der Waals surface area contributed by atoms with E-state index in [0.29, 0.717) is 11.6 Å². The number of hydrogen-bond acceptors (Lipinski definition) is 5. The van der Waals surface area contributed by atoms with Crippen molar-refractivity contribution in [2.24, 2.45) is 0 Å². The molecule has 6 heteroatoms. The highest BCUT2D eigenvalue weighted by Gasteiger charge is 2.19. The lowest BCUT2D eigenvalue weighted by molar-refractivity contribution is 0.102. The second-order valence-electron chi connectivity index (χ2n) is 7.29. The summed E-state index contributed by atoms with van der Waals surface area (Å²) in [5.41, 5.74) is 2.56. The molecule has 3 aromatic rings. The average Bonchev–Trinajstić information content (AvgIpc) is 3.29. The van der Waals surface area contributed by atoms with Crippen molar-refractivity contribution in [1.82, 2.24) is 10.3 Å². The number of nitrogens with one attached hydrogen (secondary N) is 2. The zero-order valence-electron chi connectivity index (χ0n) is 16.4. The minimum atomic E-state index is -0.121. The van der Waals surface area contributed by atoms with Crippen molar-refractivity contribution in [3.63, 3.8) is 0 Å². The van der Waals surface area contributed by atoms with E-state index >= 15 is 0 Å². The number of aromatic nitrogens is 1. The van der Waals surface area contributed by atoms with E-state index in [1.54, 1.807) is 30.8 Å². The predicted octanol–water partition coefficient (Wildman–Crippen LogP) is 3.73. The van der Waals surface area contributed by atoms with Crippen LogP contribution in [0.25, 0.3) is 0 Å². The largest absolute Gasteiger partial charge is 0.469 e. The maximum atomic E-state index is 12.4. The fourth-order valence-electron chi connectivity index (χ4n) is 3.68. The highest BCUT2D eigenvalue weighted by Crippen LogP contribution is 2.23. The van der Waals surface area contributed by atoms with Crippen molar-refractivity contribution in [3.05, 3.63) is 78.5 Å². The van der Waals surface area contributed by atoms with Crippen molar-refractivity contribution < 1.29 is 9.21 Å². The maximum Gasteiger partial charge on any atom is 0.255 e. The van der Waals surface area contributed by atoms with Gasteiger partial charge in [0.15, 0.2) is 0 Å². The topological polar surface area (TPSA) is 70.4 Å². The Bertz CT molecular complexity index is 904. The summed E-state index contributed by atoms with van der Waals surface area (Å²) in [6.07, 6.45) is 8.10. The van der Waals surface area contributed by atoms with Crippen LogP contribution in [0.4, 0.5) is 11.4 Å². The van der Waals surface area contributed by atoms with Crippen LogP contribution in [0.15, 0.2) is 71.6 Å². The smallest absolute Gasteiger partial charge is 0.255 e. The number of benzene rings is 1. The average molecular weight is 390 g/mol. The van der Waals surface area contributed by atoms with E-state index in [-0.39, 0.29) is 5.91 Å². The number of rotatable bonds is 7.